The van der Waals surface area contributed by atoms with Crippen molar-refractivity contribution >= 4 is 41.0 Å². The Morgan fingerprint density at radius 2 is 1.77 bits per heavy atom. The van der Waals surface area contributed by atoms with Gasteiger partial charge in [0.2, 0.25) is 11.8 Å². The molecule has 2 aromatic carbocycles. The van der Waals surface area contributed by atoms with Gasteiger partial charge in [-0.3, -0.25) is 24.8 Å². The standard InChI is InChI=1S/C27H29N3O4S/c1-2-34-19-14-12-17(13-15-19)23-16-21(28-20-10-6-7-11-22(20)35-23)24-25(31)29-27(33)30(26(24)32)18-8-4-3-5-9-18/h6-7,10-15,18,23-24H,2-5,8-9,16H2,1H3,(H,29,31,33). The number of urea groups is 1. The van der Waals surface area contributed by atoms with Crippen LogP contribution >= 0.6 is 11.8 Å². The third kappa shape index (κ3) is 4.85. The summed E-state index contributed by atoms with van der Waals surface area (Å²) in [5.41, 5.74) is 2.30. The average molecular weight is 492 g/mol. The molecule has 0 aromatic heterocycles. The molecule has 1 saturated heterocycles. The van der Waals surface area contributed by atoms with Gasteiger partial charge in [-0.1, -0.05) is 43.5 Å². The number of imide groups is 2. The van der Waals surface area contributed by atoms with Crippen LogP contribution in [0.2, 0.25) is 0 Å². The molecule has 1 saturated carbocycles. The lowest BCUT2D eigenvalue weighted by atomic mass is 9.89. The molecule has 0 spiro atoms. The van der Waals surface area contributed by atoms with Gasteiger partial charge in [0.15, 0.2) is 5.92 Å². The van der Waals surface area contributed by atoms with Crippen molar-refractivity contribution < 1.29 is 19.1 Å². The summed E-state index contributed by atoms with van der Waals surface area (Å²) in [6.45, 7) is 2.54. The predicted octanol–water partition coefficient (Wildman–Crippen LogP) is 5.42. The molecule has 35 heavy (non-hydrogen) atoms. The number of nitrogens with zero attached hydrogens (tertiary/aromatic N) is 2. The summed E-state index contributed by atoms with van der Waals surface area (Å²) in [6.07, 6.45) is 5.03. The van der Waals surface area contributed by atoms with Crippen LogP contribution in [0.5, 0.6) is 5.75 Å². The van der Waals surface area contributed by atoms with Crippen LogP contribution in [0.3, 0.4) is 0 Å². The first-order valence-corrected chi connectivity index (χ1v) is 13.2. The quantitative estimate of drug-likeness (QED) is 0.564. The number of carbonyl (C=O) groups excluding carboxylic acids is 3. The van der Waals surface area contributed by atoms with E-state index in [0.29, 0.717) is 18.7 Å². The van der Waals surface area contributed by atoms with Crippen LogP contribution in [0.1, 0.15) is 56.3 Å². The fourth-order valence-corrected chi connectivity index (χ4v) is 6.36. The maximum Gasteiger partial charge on any atom is 0.331 e. The highest BCUT2D eigenvalue weighted by molar-refractivity contribution is 7.99. The Morgan fingerprint density at radius 3 is 2.51 bits per heavy atom. The van der Waals surface area contributed by atoms with Gasteiger partial charge in [-0.15, -0.1) is 11.8 Å². The van der Waals surface area contributed by atoms with Crippen molar-refractivity contribution in [2.75, 3.05) is 6.61 Å². The predicted molar refractivity (Wildman–Crippen MR) is 135 cm³/mol. The van der Waals surface area contributed by atoms with Crippen LogP contribution in [-0.2, 0) is 9.59 Å². The Hall–Kier alpha value is -3.13. The molecule has 5 rings (SSSR count). The number of rotatable bonds is 5. The first-order valence-electron chi connectivity index (χ1n) is 12.3. The second kappa shape index (κ2) is 10.2. The number of hydrogen-bond acceptors (Lipinski definition) is 6. The van der Waals surface area contributed by atoms with Gasteiger partial charge in [0.1, 0.15) is 5.75 Å². The number of nitrogens with one attached hydrogen (secondary N) is 1. The lowest BCUT2D eigenvalue weighted by molar-refractivity contribution is -0.141. The van der Waals surface area contributed by atoms with Crippen molar-refractivity contribution in [2.45, 2.75) is 61.6 Å². The smallest absolute Gasteiger partial charge is 0.331 e. The minimum Gasteiger partial charge on any atom is -0.494 e. The summed E-state index contributed by atoms with van der Waals surface area (Å²) in [5, 5.41) is 2.40. The summed E-state index contributed by atoms with van der Waals surface area (Å²) in [4.78, 5) is 46.5. The van der Waals surface area contributed by atoms with E-state index in [1.807, 2.05) is 55.5 Å². The van der Waals surface area contributed by atoms with Crippen LogP contribution in [0.25, 0.3) is 0 Å². The first kappa shape index (κ1) is 23.6. The topological polar surface area (TPSA) is 88.1 Å². The first-order chi connectivity index (χ1) is 17.0. The van der Waals surface area contributed by atoms with Crippen molar-refractivity contribution in [3.8, 4) is 5.75 Å². The van der Waals surface area contributed by atoms with Crippen molar-refractivity contribution in [3.05, 3.63) is 54.1 Å². The summed E-state index contributed by atoms with van der Waals surface area (Å²) in [6, 6.07) is 14.9. The lowest BCUT2D eigenvalue weighted by Crippen LogP contribution is -2.62. The highest BCUT2D eigenvalue weighted by Gasteiger charge is 2.46. The molecular formula is C27H29N3O4S. The number of benzene rings is 2. The van der Waals surface area contributed by atoms with Crippen LogP contribution in [0, 0.1) is 5.92 Å². The van der Waals surface area contributed by atoms with E-state index in [-0.39, 0.29) is 11.3 Å². The summed E-state index contributed by atoms with van der Waals surface area (Å²) >= 11 is 1.67. The van der Waals surface area contributed by atoms with Crippen LogP contribution in [-0.4, -0.2) is 41.1 Å². The zero-order valence-electron chi connectivity index (χ0n) is 19.7. The van der Waals surface area contributed by atoms with Gasteiger partial charge >= 0.3 is 6.03 Å². The number of ether oxygens (including phenoxy) is 1. The molecule has 7 nitrogen and oxygen atoms in total. The molecule has 2 unspecified atom stereocenters. The number of barbiturate groups is 1. The molecule has 1 aliphatic carbocycles. The van der Waals surface area contributed by atoms with E-state index in [0.717, 1.165) is 54.0 Å². The van der Waals surface area contributed by atoms with Gasteiger partial charge in [0, 0.05) is 28.3 Å². The SMILES string of the molecule is CCOc1ccc(C2CC(C3C(=O)NC(=O)N(C4CCCCC4)C3=O)=Nc3ccccc3S2)cc1. The number of fused-ring (bicyclic) bond motifs is 1. The van der Waals surface area contributed by atoms with Gasteiger partial charge in [0.05, 0.1) is 12.3 Å². The van der Waals surface area contributed by atoms with Crippen molar-refractivity contribution in [1.29, 1.82) is 0 Å². The molecule has 2 aliphatic heterocycles. The molecule has 2 aromatic rings. The minimum absolute atomic E-state index is 0.0468. The zero-order valence-corrected chi connectivity index (χ0v) is 20.6. The summed E-state index contributed by atoms with van der Waals surface area (Å²) in [5.74, 6) is -1.33. The van der Waals surface area contributed by atoms with E-state index >= 15 is 0 Å². The Morgan fingerprint density at radius 1 is 1.03 bits per heavy atom. The van der Waals surface area contributed by atoms with Crippen molar-refractivity contribution in [2.24, 2.45) is 10.9 Å². The van der Waals surface area contributed by atoms with Crippen LogP contribution in [0.15, 0.2) is 58.4 Å². The summed E-state index contributed by atoms with van der Waals surface area (Å²) < 4.78 is 5.59. The highest BCUT2D eigenvalue weighted by atomic mass is 32.2. The minimum atomic E-state index is -1.11. The Bertz CT molecular complexity index is 1160. The van der Waals surface area contributed by atoms with Gasteiger partial charge in [-0.25, -0.2) is 4.79 Å². The monoisotopic (exact) mass is 491 g/mol. The zero-order chi connectivity index (χ0) is 24.4. The maximum atomic E-state index is 13.7. The summed E-state index contributed by atoms with van der Waals surface area (Å²) in [7, 11) is 0. The number of hydrogen-bond donors (Lipinski definition) is 1. The Balaban J connectivity index is 1.50. The number of carbonyl (C=O) groups is 3. The molecule has 2 fully saturated rings. The molecule has 0 bridgehead atoms. The van der Waals surface area contributed by atoms with Crippen molar-refractivity contribution in [1.82, 2.24) is 10.2 Å². The number of aliphatic imine (C=N–C) groups is 1. The lowest BCUT2D eigenvalue weighted by Gasteiger charge is -2.37. The maximum absolute atomic E-state index is 13.7. The largest absolute Gasteiger partial charge is 0.494 e. The van der Waals surface area contributed by atoms with Gasteiger partial charge in [0.25, 0.3) is 0 Å². The molecule has 182 valence electrons. The van der Waals surface area contributed by atoms with E-state index in [2.05, 4.69) is 5.32 Å². The normalized spacial score (nSPS) is 23.3. The molecule has 4 amide bonds. The molecule has 0 radical (unpaired) electrons. The van der Waals surface area contributed by atoms with Crippen LogP contribution < -0.4 is 10.1 Å². The van der Waals surface area contributed by atoms with E-state index in [1.165, 1.54) is 4.90 Å². The second-order valence-electron chi connectivity index (χ2n) is 9.11. The van der Waals surface area contributed by atoms with E-state index in [1.54, 1.807) is 11.8 Å². The number of para-hydroxylation sites is 1. The Labute approximate surface area is 209 Å². The van der Waals surface area contributed by atoms with Crippen LogP contribution in [0.4, 0.5) is 10.5 Å². The second-order valence-corrected chi connectivity index (χ2v) is 10.4. The van der Waals surface area contributed by atoms with Gasteiger partial charge in [-0.05, 0) is 49.6 Å². The fraction of sp³-hybridized carbons (Fsp3) is 0.407. The van der Waals surface area contributed by atoms with Gasteiger partial charge < -0.3 is 4.74 Å². The average Bonchev–Trinajstić information content (AvgIpc) is 3.05. The number of thioether (sulfide) groups is 1. The highest BCUT2D eigenvalue weighted by Crippen LogP contribution is 2.46. The van der Waals surface area contributed by atoms with E-state index in [9.17, 15) is 14.4 Å². The Kier molecular flexibility index (Phi) is 6.90. The molecular weight excluding hydrogens is 462 g/mol. The number of amides is 4. The third-order valence-electron chi connectivity index (χ3n) is 6.82. The van der Waals surface area contributed by atoms with Gasteiger partial charge in [-0.2, -0.15) is 0 Å². The van der Waals surface area contributed by atoms with E-state index < -0.39 is 23.8 Å². The molecule has 1 N–H and O–H groups in total. The molecule has 8 heteroatoms. The van der Waals surface area contributed by atoms with E-state index in [4.69, 9.17) is 9.73 Å². The molecule has 2 heterocycles. The third-order valence-corrected chi connectivity index (χ3v) is 8.15. The molecule has 2 atom stereocenters. The molecule has 3 aliphatic rings. The van der Waals surface area contributed by atoms with Crippen molar-refractivity contribution in [3.63, 3.8) is 0 Å². The fourth-order valence-electron chi connectivity index (χ4n) is 5.12.